The minimum atomic E-state index is -5.08. The molecular weight excluding hydrogens is 508 g/mol. The van der Waals surface area contributed by atoms with Gasteiger partial charge in [0.05, 0.1) is 12.7 Å². The normalized spacial score (nSPS) is 12.8. The third kappa shape index (κ3) is 7.21. The van der Waals surface area contributed by atoms with E-state index in [4.69, 9.17) is 9.90 Å². The number of alkyl halides is 3. The average Bonchev–Trinajstić information content (AvgIpc) is 3.61. The van der Waals surface area contributed by atoms with Crippen LogP contribution in [0.3, 0.4) is 0 Å². The molecular formula is C24H22F4N8O2. The van der Waals surface area contributed by atoms with E-state index in [-0.39, 0.29) is 5.82 Å². The highest BCUT2D eigenvalue weighted by Crippen LogP contribution is 2.42. The summed E-state index contributed by atoms with van der Waals surface area (Å²) >= 11 is 0. The second-order valence-electron chi connectivity index (χ2n) is 8.23. The lowest BCUT2D eigenvalue weighted by molar-refractivity contribution is -0.192. The van der Waals surface area contributed by atoms with Gasteiger partial charge in [-0.1, -0.05) is 42.5 Å². The summed E-state index contributed by atoms with van der Waals surface area (Å²) in [4.78, 5) is 22.4. The van der Waals surface area contributed by atoms with Gasteiger partial charge in [0.1, 0.15) is 11.5 Å². The van der Waals surface area contributed by atoms with Gasteiger partial charge < -0.3 is 15.7 Å². The zero-order chi connectivity index (χ0) is 27.1. The molecule has 38 heavy (non-hydrogen) atoms. The zero-order valence-corrected chi connectivity index (χ0v) is 19.7. The largest absolute Gasteiger partial charge is 0.490 e. The Hall–Kier alpha value is -4.62. The second-order valence-corrected chi connectivity index (χ2v) is 8.23. The third-order valence-corrected chi connectivity index (χ3v) is 5.40. The van der Waals surface area contributed by atoms with Gasteiger partial charge in [-0.25, -0.2) is 9.18 Å². The van der Waals surface area contributed by atoms with Gasteiger partial charge in [-0.15, -0.1) is 0 Å². The molecule has 1 saturated carbocycles. The lowest BCUT2D eigenvalue weighted by Gasteiger charge is -2.13. The number of nitrogens with zero attached hydrogens (tertiary/aromatic N) is 5. The number of hydrogen-bond acceptors (Lipinski definition) is 8. The Kier molecular flexibility index (Phi) is 8.09. The van der Waals surface area contributed by atoms with Crippen LogP contribution in [0.5, 0.6) is 0 Å². The average molecular weight is 530 g/mol. The molecule has 0 spiro atoms. The first-order valence-electron chi connectivity index (χ1n) is 11.4. The standard InChI is InChI=1S/C22H21FN8.C2HF3O2/c23-19-8-4-7-17(14-9-10-14)18(19)13-25-22-28-20(15-5-2-1-3-6-15)27-21(29-22)24-11-16-12-26-31-30-16;3-2(4,5)1(6)7/h1-8,12,14H,9-11,13H2,(H,26,30,31)(H2,24,25,27,28,29);(H,6,7). The number of rotatable bonds is 8. The molecule has 2 aromatic heterocycles. The highest BCUT2D eigenvalue weighted by molar-refractivity contribution is 5.73. The number of H-pyrrole nitrogens is 1. The van der Waals surface area contributed by atoms with Gasteiger partial charge in [-0.05, 0) is 30.4 Å². The van der Waals surface area contributed by atoms with Crippen molar-refractivity contribution in [2.45, 2.75) is 38.0 Å². The molecule has 1 aliphatic carbocycles. The maximum Gasteiger partial charge on any atom is 0.490 e. The molecule has 0 unspecified atom stereocenters. The van der Waals surface area contributed by atoms with Gasteiger partial charge in [0.2, 0.25) is 11.9 Å². The van der Waals surface area contributed by atoms with Crippen LogP contribution in [0, 0.1) is 5.82 Å². The topological polar surface area (TPSA) is 142 Å². The summed E-state index contributed by atoms with van der Waals surface area (Å²) in [5.74, 6) is -1.22. The lowest BCUT2D eigenvalue weighted by atomic mass is 10.0. The molecule has 5 rings (SSSR count). The van der Waals surface area contributed by atoms with Gasteiger partial charge in [0, 0.05) is 17.7 Å². The number of halogens is 4. The van der Waals surface area contributed by atoms with Crippen LogP contribution in [0.2, 0.25) is 0 Å². The molecule has 0 saturated heterocycles. The van der Waals surface area contributed by atoms with E-state index in [0.29, 0.717) is 42.3 Å². The number of anilines is 2. The molecule has 0 atom stereocenters. The number of hydrogen-bond donors (Lipinski definition) is 4. The van der Waals surface area contributed by atoms with Crippen molar-refractivity contribution in [3.63, 3.8) is 0 Å². The fourth-order valence-corrected chi connectivity index (χ4v) is 3.44. The molecule has 2 aromatic carbocycles. The summed E-state index contributed by atoms with van der Waals surface area (Å²) in [7, 11) is 0. The number of aromatic nitrogens is 6. The lowest BCUT2D eigenvalue weighted by Crippen LogP contribution is -2.21. The van der Waals surface area contributed by atoms with Crippen LogP contribution >= 0.6 is 0 Å². The third-order valence-electron chi connectivity index (χ3n) is 5.40. The van der Waals surface area contributed by atoms with E-state index in [0.717, 1.165) is 29.7 Å². The fraction of sp³-hybridized carbons (Fsp3) is 0.250. The Morgan fingerprint density at radius 3 is 2.21 bits per heavy atom. The molecule has 10 nitrogen and oxygen atoms in total. The van der Waals surface area contributed by atoms with Gasteiger partial charge in [-0.2, -0.15) is 43.5 Å². The summed E-state index contributed by atoms with van der Waals surface area (Å²) in [5, 5.41) is 23.9. The van der Waals surface area contributed by atoms with Crippen molar-refractivity contribution in [3.05, 3.63) is 77.4 Å². The minimum absolute atomic E-state index is 0.210. The Bertz CT molecular complexity index is 1360. The van der Waals surface area contributed by atoms with Crippen LogP contribution in [0.4, 0.5) is 29.5 Å². The van der Waals surface area contributed by atoms with Crippen LogP contribution in [0.1, 0.15) is 35.6 Å². The SMILES string of the molecule is Fc1cccc(C2CC2)c1CNc1nc(NCc2cn[nH]n2)nc(-c2ccccc2)n1.O=C(O)C(F)(F)F. The summed E-state index contributed by atoms with van der Waals surface area (Å²) in [6.07, 6.45) is -1.24. The van der Waals surface area contributed by atoms with E-state index in [1.54, 1.807) is 12.3 Å². The predicted octanol–water partition coefficient (Wildman–Crippen LogP) is 4.53. The molecule has 0 aliphatic heterocycles. The van der Waals surface area contributed by atoms with Crippen molar-refractivity contribution >= 4 is 17.9 Å². The van der Waals surface area contributed by atoms with Crippen molar-refractivity contribution in [3.8, 4) is 11.4 Å². The first-order chi connectivity index (χ1) is 18.2. The van der Waals surface area contributed by atoms with Crippen LogP contribution < -0.4 is 10.6 Å². The predicted molar refractivity (Wildman–Crippen MR) is 128 cm³/mol. The van der Waals surface area contributed by atoms with E-state index in [1.165, 1.54) is 6.07 Å². The van der Waals surface area contributed by atoms with Gasteiger partial charge in [0.25, 0.3) is 0 Å². The van der Waals surface area contributed by atoms with Crippen molar-refractivity contribution in [1.82, 2.24) is 30.4 Å². The monoisotopic (exact) mass is 530 g/mol. The van der Waals surface area contributed by atoms with Crippen molar-refractivity contribution in [1.29, 1.82) is 0 Å². The number of carbonyl (C=O) groups is 1. The molecule has 1 aliphatic rings. The van der Waals surface area contributed by atoms with Crippen LogP contribution in [-0.4, -0.2) is 47.6 Å². The number of nitrogens with one attached hydrogen (secondary N) is 3. The molecule has 4 aromatic rings. The Balaban J connectivity index is 0.000000426. The van der Waals surface area contributed by atoms with Crippen LogP contribution in [0.15, 0.2) is 54.7 Å². The molecule has 4 N–H and O–H groups in total. The quantitative estimate of drug-likeness (QED) is 0.242. The van der Waals surface area contributed by atoms with E-state index >= 15 is 0 Å². The van der Waals surface area contributed by atoms with E-state index in [9.17, 15) is 17.6 Å². The second kappa shape index (κ2) is 11.6. The molecule has 198 valence electrons. The smallest absolute Gasteiger partial charge is 0.475 e. The highest BCUT2D eigenvalue weighted by Gasteiger charge is 2.38. The number of carboxylic acid groups (broad SMARTS) is 1. The molecule has 0 bridgehead atoms. The van der Waals surface area contributed by atoms with E-state index in [2.05, 4.69) is 41.0 Å². The first kappa shape index (κ1) is 26.4. The summed E-state index contributed by atoms with van der Waals surface area (Å²) < 4.78 is 46.3. The van der Waals surface area contributed by atoms with Crippen molar-refractivity contribution < 1.29 is 27.5 Å². The number of benzene rings is 2. The minimum Gasteiger partial charge on any atom is -0.475 e. The summed E-state index contributed by atoms with van der Waals surface area (Å²) in [6.45, 7) is 0.715. The fourth-order valence-electron chi connectivity index (χ4n) is 3.44. The summed E-state index contributed by atoms with van der Waals surface area (Å²) in [5.41, 5.74) is 3.33. The first-order valence-corrected chi connectivity index (χ1v) is 11.4. The maximum absolute atomic E-state index is 14.5. The van der Waals surface area contributed by atoms with Gasteiger partial charge in [-0.3, -0.25) is 0 Å². The van der Waals surface area contributed by atoms with Crippen LogP contribution in [0.25, 0.3) is 11.4 Å². The molecule has 1 fully saturated rings. The molecule has 0 amide bonds. The molecule has 14 heteroatoms. The van der Waals surface area contributed by atoms with Crippen LogP contribution in [-0.2, 0) is 17.9 Å². The Morgan fingerprint density at radius 2 is 1.63 bits per heavy atom. The number of aliphatic carboxylic acids is 1. The number of aromatic amines is 1. The van der Waals surface area contributed by atoms with E-state index in [1.807, 2.05) is 36.4 Å². The highest BCUT2D eigenvalue weighted by atomic mass is 19.4. The number of carboxylic acids is 1. The van der Waals surface area contributed by atoms with Gasteiger partial charge in [0.15, 0.2) is 5.82 Å². The maximum atomic E-state index is 14.5. The van der Waals surface area contributed by atoms with Crippen molar-refractivity contribution in [2.75, 3.05) is 10.6 Å². The Labute approximate surface area is 213 Å². The van der Waals surface area contributed by atoms with E-state index < -0.39 is 12.1 Å². The summed E-state index contributed by atoms with van der Waals surface area (Å²) in [6, 6.07) is 14.9. The molecule has 0 radical (unpaired) electrons. The van der Waals surface area contributed by atoms with Crippen molar-refractivity contribution in [2.24, 2.45) is 0 Å². The Morgan fingerprint density at radius 1 is 0.974 bits per heavy atom. The zero-order valence-electron chi connectivity index (χ0n) is 19.7. The molecule has 2 heterocycles. The van der Waals surface area contributed by atoms with Gasteiger partial charge >= 0.3 is 12.1 Å².